The van der Waals surface area contributed by atoms with E-state index in [0.29, 0.717) is 5.41 Å². The van der Waals surface area contributed by atoms with Crippen LogP contribution in [-0.4, -0.2) is 18.1 Å². The number of rotatable bonds is 2. The summed E-state index contributed by atoms with van der Waals surface area (Å²) in [5.74, 6) is 1.09. The minimum atomic E-state index is 0.0642. The number of pyridine rings is 1. The molecule has 2 rings (SSSR count). The fourth-order valence-corrected chi connectivity index (χ4v) is 2.47. The van der Waals surface area contributed by atoms with Crippen molar-refractivity contribution in [2.24, 2.45) is 11.1 Å². The zero-order valence-corrected chi connectivity index (χ0v) is 11.1. The summed E-state index contributed by atoms with van der Waals surface area (Å²) in [6, 6.07) is 4.25. The summed E-state index contributed by atoms with van der Waals surface area (Å²) in [4.78, 5) is 6.92. The van der Waals surface area contributed by atoms with Gasteiger partial charge < -0.3 is 10.6 Å². The summed E-state index contributed by atoms with van der Waals surface area (Å²) in [5, 5.41) is 0. The van der Waals surface area contributed by atoms with E-state index in [9.17, 15) is 0 Å². The zero-order chi connectivity index (χ0) is 12.5. The Hall–Kier alpha value is -1.09. The standard InChI is InChI=1S/C14H23N3/c1-11(15)12-5-6-13(16-9-12)17-8-4-7-14(2,3)10-17/h5-6,9,11H,4,7-8,10,15H2,1-3H3/t11-/m1/s1. The lowest BCUT2D eigenvalue weighted by molar-refractivity contribution is 0.292. The van der Waals surface area contributed by atoms with Gasteiger partial charge in [0.1, 0.15) is 5.82 Å². The molecule has 0 spiro atoms. The van der Waals surface area contributed by atoms with Gasteiger partial charge in [-0.05, 0) is 36.8 Å². The Morgan fingerprint density at radius 3 is 2.71 bits per heavy atom. The summed E-state index contributed by atoms with van der Waals surface area (Å²) in [5.41, 5.74) is 7.34. The Labute approximate surface area is 104 Å². The van der Waals surface area contributed by atoms with Crippen molar-refractivity contribution in [3.63, 3.8) is 0 Å². The van der Waals surface area contributed by atoms with Crippen LogP contribution in [0.5, 0.6) is 0 Å². The van der Waals surface area contributed by atoms with Crippen LogP contribution >= 0.6 is 0 Å². The van der Waals surface area contributed by atoms with Crippen molar-refractivity contribution in [1.29, 1.82) is 0 Å². The third-order valence-corrected chi connectivity index (χ3v) is 3.52. The highest BCUT2D eigenvalue weighted by Crippen LogP contribution is 2.30. The van der Waals surface area contributed by atoms with Crippen LogP contribution in [0.25, 0.3) is 0 Å². The highest BCUT2D eigenvalue weighted by atomic mass is 15.2. The molecule has 1 aliphatic heterocycles. The van der Waals surface area contributed by atoms with Gasteiger partial charge in [-0.15, -0.1) is 0 Å². The monoisotopic (exact) mass is 233 g/mol. The van der Waals surface area contributed by atoms with Crippen LogP contribution in [0.1, 0.15) is 45.2 Å². The van der Waals surface area contributed by atoms with Gasteiger partial charge in [0, 0.05) is 25.3 Å². The molecule has 2 N–H and O–H groups in total. The van der Waals surface area contributed by atoms with Crippen molar-refractivity contribution in [1.82, 2.24) is 4.98 Å². The molecule has 94 valence electrons. The van der Waals surface area contributed by atoms with E-state index < -0.39 is 0 Å². The van der Waals surface area contributed by atoms with Crippen LogP contribution in [0, 0.1) is 5.41 Å². The van der Waals surface area contributed by atoms with E-state index in [-0.39, 0.29) is 6.04 Å². The van der Waals surface area contributed by atoms with Gasteiger partial charge in [-0.1, -0.05) is 19.9 Å². The number of hydrogen-bond acceptors (Lipinski definition) is 3. The molecule has 1 atom stereocenters. The molecule has 0 radical (unpaired) electrons. The summed E-state index contributed by atoms with van der Waals surface area (Å²) < 4.78 is 0. The lowest BCUT2D eigenvalue weighted by atomic mass is 9.84. The molecule has 1 aliphatic rings. The molecule has 0 bridgehead atoms. The highest BCUT2D eigenvalue weighted by molar-refractivity contribution is 5.40. The minimum absolute atomic E-state index is 0.0642. The molecule has 17 heavy (non-hydrogen) atoms. The van der Waals surface area contributed by atoms with Crippen molar-refractivity contribution in [3.8, 4) is 0 Å². The molecule has 0 unspecified atom stereocenters. The van der Waals surface area contributed by atoms with Crippen LogP contribution in [-0.2, 0) is 0 Å². The largest absolute Gasteiger partial charge is 0.356 e. The van der Waals surface area contributed by atoms with Crippen LogP contribution in [0.2, 0.25) is 0 Å². The first kappa shape index (κ1) is 12.4. The van der Waals surface area contributed by atoms with E-state index in [1.165, 1.54) is 12.8 Å². The van der Waals surface area contributed by atoms with Gasteiger partial charge in [0.05, 0.1) is 0 Å². The molecule has 1 aromatic heterocycles. The highest BCUT2D eigenvalue weighted by Gasteiger charge is 2.26. The van der Waals surface area contributed by atoms with Gasteiger partial charge >= 0.3 is 0 Å². The summed E-state index contributed by atoms with van der Waals surface area (Å²) >= 11 is 0. The van der Waals surface area contributed by atoms with Gasteiger partial charge in [-0.3, -0.25) is 0 Å². The third-order valence-electron chi connectivity index (χ3n) is 3.52. The maximum atomic E-state index is 5.83. The van der Waals surface area contributed by atoms with Gasteiger partial charge in [0.25, 0.3) is 0 Å². The molecule has 3 heteroatoms. The van der Waals surface area contributed by atoms with Crippen molar-refractivity contribution >= 4 is 5.82 Å². The molecule has 0 aromatic carbocycles. The number of anilines is 1. The predicted molar refractivity (Wildman–Crippen MR) is 72.1 cm³/mol. The second kappa shape index (κ2) is 4.65. The molecule has 1 saturated heterocycles. The van der Waals surface area contributed by atoms with Crippen molar-refractivity contribution < 1.29 is 0 Å². The van der Waals surface area contributed by atoms with Crippen molar-refractivity contribution in [2.45, 2.75) is 39.7 Å². The van der Waals surface area contributed by atoms with Crippen molar-refractivity contribution in [2.75, 3.05) is 18.0 Å². The van der Waals surface area contributed by atoms with Gasteiger partial charge in [-0.25, -0.2) is 4.98 Å². The second-order valence-corrected chi connectivity index (χ2v) is 5.93. The van der Waals surface area contributed by atoms with Crippen LogP contribution in [0.4, 0.5) is 5.82 Å². The first-order valence-electron chi connectivity index (χ1n) is 6.44. The maximum absolute atomic E-state index is 5.83. The average molecular weight is 233 g/mol. The van der Waals surface area contributed by atoms with E-state index in [1.807, 2.05) is 13.1 Å². The van der Waals surface area contributed by atoms with Crippen LogP contribution < -0.4 is 10.6 Å². The van der Waals surface area contributed by atoms with E-state index >= 15 is 0 Å². The molecular weight excluding hydrogens is 210 g/mol. The number of aromatic nitrogens is 1. The fourth-order valence-electron chi connectivity index (χ4n) is 2.47. The van der Waals surface area contributed by atoms with Crippen molar-refractivity contribution in [3.05, 3.63) is 23.9 Å². The Kier molecular flexibility index (Phi) is 3.38. The van der Waals surface area contributed by atoms with E-state index in [2.05, 4.69) is 35.9 Å². The van der Waals surface area contributed by atoms with E-state index in [4.69, 9.17) is 5.73 Å². The lowest BCUT2D eigenvalue weighted by Gasteiger charge is -2.38. The maximum Gasteiger partial charge on any atom is 0.128 e. The first-order valence-corrected chi connectivity index (χ1v) is 6.44. The summed E-state index contributed by atoms with van der Waals surface area (Å²) in [6.45, 7) is 8.86. The molecule has 2 heterocycles. The molecule has 0 aliphatic carbocycles. The minimum Gasteiger partial charge on any atom is -0.356 e. The molecule has 3 nitrogen and oxygen atoms in total. The molecular formula is C14H23N3. The zero-order valence-electron chi connectivity index (χ0n) is 11.1. The van der Waals surface area contributed by atoms with Gasteiger partial charge in [0.15, 0.2) is 0 Å². The smallest absolute Gasteiger partial charge is 0.128 e. The quantitative estimate of drug-likeness (QED) is 0.854. The molecule has 1 aromatic rings. The lowest BCUT2D eigenvalue weighted by Crippen LogP contribution is -2.40. The number of nitrogens with two attached hydrogens (primary N) is 1. The predicted octanol–water partition coefficient (Wildman–Crippen LogP) is 2.73. The second-order valence-electron chi connectivity index (χ2n) is 5.93. The van der Waals surface area contributed by atoms with E-state index in [1.54, 1.807) is 0 Å². The average Bonchev–Trinajstić information content (AvgIpc) is 2.28. The number of hydrogen-bond donors (Lipinski definition) is 1. The Morgan fingerprint density at radius 1 is 1.41 bits per heavy atom. The van der Waals surface area contributed by atoms with Crippen LogP contribution in [0.3, 0.4) is 0 Å². The van der Waals surface area contributed by atoms with E-state index in [0.717, 1.165) is 24.5 Å². The molecule has 0 amide bonds. The van der Waals surface area contributed by atoms with Crippen LogP contribution in [0.15, 0.2) is 18.3 Å². The Morgan fingerprint density at radius 2 is 2.18 bits per heavy atom. The Balaban J connectivity index is 2.12. The third kappa shape index (κ3) is 2.97. The van der Waals surface area contributed by atoms with Gasteiger partial charge in [0.2, 0.25) is 0 Å². The normalized spacial score (nSPS) is 21.3. The molecule has 1 fully saturated rings. The summed E-state index contributed by atoms with van der Waals surface area (Å²) in [6.07, 6.45) is 4.47. The fraction of sp³-hybridized carbons (Fsp3) is 0.643. The number of nitrogens with zero attached hydrogens (tertiary/aromatic N) is 2. The SMILES string of the molecule is C[C@@H](N)c1ccc(N2CCCC(C)(C)C2)nc1. The number of piperidine rings is 1. The topological polar surface area (TPSA) is 42.1 Å². The Bertz CT molecular complexity index is 368. The first-order chi connectivity index (χ1) is 7.98. The van der Waals surface area contributed by atoms with Gasteiger partial charge in [-0.2, -0.15) is 0 Å². The molecule has 0 saturated carbocycles. The summed E-state index contributed by atoms with van der Waals surface area (Å²) in [7, 11) is 0.